The highest BCUT2D eigenvalue weighted by molar-refractivity contribution is 6.33. The van der Waals surface area contributed by atoms with Crippen molar-refractivity contribution in [2.24, 2.45) is 7.05 Å². The van der Waals surface area contributed by atoms with E-state index in [4.69, 9.17) is 11.6 Å². The third kappa shape index (κ3) is 2.31. The second-order valence-electron chi connectivity index (χ2n) is 4.60. The first-order valence-electron chi connectivity index (χ1n) is 6.37. The van der Waals surface area contributed by atoms with E-state index in [9.17, 15) is 0 Å². The van der Waals surface area contributed by atoms with E-state index < -0.39 is 0 Å². The van der Waals surface area contributed by atoms with Gasteiger partial charge in [-0.25, -0.2) is 0 Å². The van der Waals surface area contributed by atoms with Crippen LogP contribution in [0.2, 0.25) is 5.02 Å². The number of piperazine rings is 1. The minimum atomic E-state index is 0.699. The summed E-state index contributed by atoms with van der Waals surface area (Å²) in [7, 11) is 1.98. The van der Waals surface area contributed by atoms with Crippen LogP contribution in [0.3, 0.4) is 0 Å². The maximum Gasteiger partial charge on any atom is 0.227 e. The molecule has 1 N–H and O–H groups in total. The van der Waals surface area contributed by atoms with E-state index in [2.05, 4.69) is 20.4 Å². The Morgan fingerprint density at radius 3 is 2.63 bits per heavy atom. The van der Waals surface area contributed by atoms with Crippen LogP contribution in [0.5, 0.6) is 0 Å². The lowest BCUT2D eigenvalue weighted by atomic mass is 10.2. The number of hydrogen-bond acceptors (Lipinski definition) is 4. The van der Waals surface area contributed by atoms with Gasteiger partial charge in [0.2, 0.25) is 5.95 Å². The summed E-state index contributed by atoms with van der Waals surface area (Å²) in [5, 5.41) is 12.6. The molecule has 6 heteroatoms. The van der Waals surface area contributed by atoms with Gasteiger partial charge in [-0.05, 0) is 12.1 Å². The van der Waals surface area contributed by atoms with E-state index in [1.165, 1.54) is 0 Å². The average Bonchev–Trinajstić information content (AvgIpc) is 2.82. The molecule has 1 saturated heterocycles. The van der Waals surface area contributed by atoms with Crippen LogP contribution in [0.15, 0.2) is 24.3 Å². The van der Waals surface area contributed by atoms with Gasteiger partial charge in [0, 0.05) is 38.8 Å². The molecule has 3 rings (SSSR count). The van der Waals surface area contributed by atoms with Gasteiger partial charge in [0.05, 0.1) is 5.02 Å². The summed E-state index contributed by atoms with van der Waals surface area (Å²) in [4.78, 5) is 2.24. The zero-order valence-corrected chi connectivity index (χ0v) is 11.6. The number of rotatable bonds is 2. The largest absolute Gasteiger partial charge is 0.338 e. The molecule has 0 atom stereocenters. The molecule has 2 aromatic rings. The molecule has 1 fully saturated rings. The number of nitrogens with one attached hydrogen (secondary N) is 1. The summed E-state index contributed by atoms with van der Waals surface area (Å²) in [6.07, 6.45) is 0. The molecular formula is C13H16ClN5. The number of halogens is 1. The van der Waals surface area contributed by atoms with E-state index in [1.54, 1.807) is 0 Å². The van der Waals surface area contributed by atoms with Crippen LogP contribution in [0.25, 0.3) is 11.4 Å². The monoisotopic (exact) mass is 277 g/mol. The molecule has 0 saturated carbocycles. The summed E-state index contributed by atoms with van der Waals surface area (Å²) < 4.78 is 2.01. The van der Waals surface area contributed by atoms with E-state index in [-0.39, 0.29) is 0 Å². The normalized spacial score (nSPS) is 15.8. The summed E-state index contributed by atoms with van der Waals surface area (Å²) in [6.45, 7) is 3.87. The lowest BCUT2D eigenvalue weighted by Crippen LogP contribution is -2.44. The summed E-state index contributed by atoms with van der Waals surface area (Å²) >= 11 is 6.22. The molecular weight excluding hydrogens is 262 g/mol. The number of hydrogen-bond donors (Lipinski definition) is 1. The molecule has 0 radical (unpaired) electrons. The zero-order chi connectivity index (χ0) is 13.2. The maximum atomic E-state index is 6.22. The van der Waals surface area contributed by atoms with E-state index in [1.807, 2.05) is 35.9 Å². The number of anilines is 1. The van der Waals surface area contributed by atoms with Crippen molar-refractivity contribution < 1.29 is 0 Å². The second-order valence-corrected chi connectivity index (χ2v) is 5.01. The quantitative estimate of drug-likeness (QED) is 0.905. The van der Waals surface area contributed by atoms with Crippen molar-refractivity contribution in [3.05, 3.63) is 29.3 Å². The fourth-order valence-corrected chi connectivity index (χ4v) is 2.56. The molecule has 2 heterocycles. The van der Waals surface area contributed by atoms with Crippen LogP contribution in [-0.4, -0.2) is 40.9 Å². The minimum Gasteiger partial charge on any atom is -0.338 e. The van der Waals surface area contributed by atoms with Gasteiger partial charge in [-0.3, -0.25) is 4.57 Å². The van der Waals surface area contributed by atoms with Crippen molar-refractivity contribution in [3.63, 3.8) is 0 Å². The van der Waals surface area contributed by atoms with Crippen molar-refractivity contribution in [2.45, 2.75) is 0 Å². The number of benzene rings is 1. The first kappa shape index (κ1) is 12.4. The second kappa shape index (κ2) is 5.19. The zero-order valence-electron chi connectivity index (χ0n) is 10.8. The predicted octanol–water partition coefficient (Wildman–Crippen LogP) is 1.55. The van der Waals surface area contributed by atoms with Crippen molar-refractivity contribution in [1.82, 2.24) is 20.1 Å². The highest BCUT2D eigenvalue weighted by Gasteiger charge is 2.19. The van der Waals surface area contributed by atoms with Crippen molar-refractivity contribution in [3.8, 4) is 11.4 Å². The number of nitrogens with zero attached hydrogens (tertiary/aromatic N) is 4. The Morgan fingerprint density at radius 2 is 1.89 bits per heavy atom. The van der Waals surface area contributed by atoms with Gasteiger partial charge < -0.3 is 10.2 Å². The molecule has 0 aliphatic carbocycles. The first-order chi connectivity index (χ1) is 9.27. The molecule has 100 valence electrons. The molecule has 1 aromatic heterocycles. The molecule has 0 unspecified atom stereocenters. The predicted molar refractivity (Wildman–Crippen MR) is 76.5 cm³/mol. The number of aromatic nitrogens is 3. The fraction of sp³-hybridized carbons (Fsp3) is 0.385. The molecule has 0 spiro atoms. The molecule has 0 bridgehead atoms. The standard InChI is InChI=1S/C13H16ClN5/c1-18-12(10-4-2-3-5-11(10)14)16-17-13(18)19-8-6-15-7-9-19/h2-5,15H,6-9H2,1H3. The lowest BCUT2D eigenvalue weighted by molar-refractivity contribution is 0.573. The fourth-order valence-electron chi connectivity index (χ4n) is 2.34. The Hall–Kier alpha value is -1.59. The van der Waals surface area contributed by atoms with Gasteiger partial charge in [0.25, 0.3) is 0 Å². The van der Waals surface area contributed by atoms with Crippen LogP contribution in [0.1, 0.15) is 0 Å². The SMILES string of the molecule is Cn1c(-c2ccccc2Cl)nnc1N1CCNCC1. The molecule has 1 aliphatic heterocycles. The van der Waals surface area contributed by atoms with Gasteiger partial charge in [0.1, 0.15) is 0 Å². The molecule has 1 aromatic carbocycles. The smallest absolute Gasteiger partial charge is 0.227 e. The van der Waals surface area contributed by atoms with Crippen molar-refractivity contribution in [2.75, 3.05) is 31.1 Å². The van der Waals surface area contributed by atoms with Gasteiger partial charge >= 0.3 is 0 Å². The van der Waals surface area contributed by atoms with Gasteiger partial charge in [0.15, 0.2) is 5.82 Å². The Bertz CT molecular complexity index is 574. The van der Waals surface area contributed by atoms with Crippen LogP contribution in [0.4, 0.5) is 5.95 Å². The Labute approximate surface area is 117 Å². The van der Waals surface area contributed by atoms with Crippen LogP contribution in [0, 0.1) is 0 Å². The molecule has 0 amide bonds. The van der Waals surface area contributed by atoms with Crippen LogP contribution < -0.4 is 10.2 Å². The van der Waals surface area contributed by atoms with E-state index in [0.717, 1.165) is 43.5 Å². The Balaban J connectivity index is 1.97. The highest BCUT2D eigenvalue weighted by Crippen LogP contribution is 2.27. The summed E-state index contributed by atoms with van der Waals surface area (Å²) in [5.41, 5.74) is 0.917. The van der Waals surface area contributed by atoms with E-state index in [0.29, 0.717) is 5.02 Å². The average molecular weight is 278 g/mol. The van der Waals surface area contributed by atoms with Crippen LogP contribution >= 0.6 is 11.6 Å². The Kier molecular flexibility index (Phi) is 3.40. The van der Waals surface area contributed by atoms with Gasteiger partial charge in [-0.1, -0.05) is 23.7 Å². The first-order valence-corrected chi connectivity index (χ1v) is 6.75. The molecule has 1 aliphatic rings. The van der Waals surface area contributed by atoms with E-state index >= 15 is 0 Å². The lowest BCUT2D eigenvalue weighted by Gasteiger charge is -2.27. The highest BCUT2D eigenvalue weighted by atomic mass is 35.5. The molecule has 19 heavy (non-hydrogen) atoms. The summed E-state index contributed by atoms with van der Waals surface area (Å²) in [6, 6.07) is 7.71. The van der Waals surface area contributed by atoms with Crippen molar-refractivity contribution >= 4 is 17.5 Å². The maximum absolute atomic E-state index is 6.22. The van der Waals surface area contributed by atoms with Gasteiger partial charge in [-0.2, -0.15) is 0 Å². The third-order valence-electron chi connectivity index (χ3n) is 3.37. The topological polar surface area (TPSA) is 46.0 Å². The minimum absolute atomic E-state index is 0.699. The van der Waals surface area contributed by atoms with Crippen molar-refractivity contribution in [1.29, 1.82) is 0 Å². The van der Waals surface area contributed by atoms with Gasteiger partial charge in [-0.15, -0.1) is 10.2 Å². The van der Waals surface area contributed by atoms with Crippen LogP contribution in [-0.2, 0) is 7.05 Å². The Morgan fingerprint density at radius 1 is 1.16 bits per heavy atom. The third-order valence-corrected chi connectivity index (χ3v) is 3.70. The molecule has 5 nitrogen and oxygen atoms in total. The summed E-state index contributed by atoms with van der Waals surface area (Å²) in [5.74, 6) is 1.70.